The van der Waals surface area contributed by atoms with Crippen LogP contribution in [0, 0.1) is 0 Å². The zero-order valence-corrected chi connectivity index (χ0v) is 16.8. The van der Waals surface area contributed by atoms with Gasteiger partial charge in [0.05, 0.1) is 10.6 Å². The summed E-state index contributed by atoms with van der Waals surface area (Å²) in [6, 6.07) is 19.3. The van der Waals surface area contributed by atoms with Gasteiger partial charge in [0.25, 0.3) is 10.0 Å². The number of hydrogen-bond acceptors (Lipinski definition) is 5. The molecule has 2 aromatic carbocycles. The van der Waals surface area contributed by atoms with E-state index in [2.05, 4.69) is 14.7 Å². The van der Waals surface area contributed by atoms with Gasteiger partial charge in [-0.25, -0.2) is 18.1 Å². The van der Waals surface area contributed by atoms with Crippen molar-refractivity contribution >= 4 is 16.0 Å². The second-order valence-corrected chi connectivity index (χ2v) is 8.81. The van der Waals surface area contributed by atoms with Crippen molar-refractivity contribution in [2.75, 3.05) is 4.72 Å². The van der Waals surface area contributed by atoms with Crippen molar-refractivity contribution < 1.29 is 13.2 Å². The molecule has 0 atom stereocenters. The average molecular weight is 410 g/mol. The topological polar surface area (TPSA) is 81.2 Å². The predicted octanol–water partition coefficient (Wildman–Crippen LogP) is 5.12. The maximum absolute atomic E-state index is 12.7. The van der Waals surface area contributed by atoms with Gasteiger partial charge in [0.15, 0.2) is 0 Å². The smallest absolute Gasteiger partial charge is 0.264 e. The Balaban J connectivity index is 1.67. The molecule has 1 fully saturated rings. The quantitative estimate of drug-likeness (QED) is 0.611. The average Bonchev–Trinajstić information content (AvgIpc) is 2.75. The number of anilines is 1. The van der Waals surface area contributed by atoms with Crippen molar-refractivity contribution in [2.45, 2.75) is 42.9 Å². The number of ether oxygens (including phenoxy) is 1. The fourth-order valence-electron chi connectivity index (χ4n) is 3.54. The van der Waals surface area contributed by atoms with Gasteiger partial charge >= 0.3 is 0 Å². The molecular formula is C22H23N3O3S. The number of sulfonamides is 1. The van der Waals surface area contributed by atoms with Crippen LogP contribution in [0.25, 0.3) is 0 Å². The van der Waals surface area contributed by atoms with Gasteiger partial charge in [-0.1, -0.05) is 55.7 Å². The van der Waals surface area contributed by atoms with Crippen LogP contribution < -0.4 is 9.46 Å². The molecule has 7 heteroatoms. The van der Waals surface area contributed by atoms with Gasteiger partial charge in [-0.2, -0.15) is 4.98 Å². The summed E-state index contributed by atoms with van der Waals surface area (Å²) in [6.07, 6.45) is 5.59. The van der Waals surface area contributed by atoms with E-state index in [-0.39, 0.29) is 16.8 Å². The fourth-order valence-corrected chi connectivity index (χ4v) is 4.50. The van der Waals surface area contributed by atoms with Gasteiger partial charge < -0.3 is 4.74 Å². The lowest BCUT2D eigenvalue weighted by Crippen LogP contribution is -2.17. The largest absolute Gasteiger partial charge is 0.439 e. The highest BCUT2D eigenvalue weighted by atomic mass is 32.2. The van der Waals surface area contributed by atoms with Gasteiger partial charge in [-0.3, -0.25) is 0 Å². The minimum Gasteiger partial charge on any atom is -0.439 e. The van der Waals surface area contributed by atoms with Crippen LogP contribution in [-0.4, -0.2) is 18.4 Å². The molecule has 1 N–H and O–H groups in total. The summed E-state index contributed by atoms with van der Waals surface area (Å²) in [6.45, 7) is 0. The molecule has 1 aliphatic rings. The van der Waals surface area contributed by atoms with Crippen LogP contribution >= 0.6 is 0 Å². The van der Waals surface area contributed by atoms with Crippen LogP contribution in [0.4, 0.5) is 5.95 Å². The first-order valence-electron chi connectivity index (χ1n) is 9.80. The predicted molar refractivity (Wildman–Crippen MR) is 112 cm³/mol. The van der Waals surface area contributed by atoms with E-state index in [1.165, 1.54) is 18.6 Å². The molecule has 0 unspecified atom stereocenters. The molecule has 1 aliphatic carbocycles. The van der Waals surface area contributed by atoms with Gasteiger partial charge in [0.1, 0.15) is 5.75 Å². The van der Waals surface area contributed by atoms with Crippen LogP contribution in [0.15, 0.2) is 71.6 Å². The Morgan fingerprint density at radius 1 is 0.862 bits per heavy atom. The van der Waals surface area contributed by atoms with E-state index in [4.69, 9.17) is 4.74 Å². The van der Waals surface area contributed by atoms with E-state index in [9.17, 15) is 8.42 Å². The molecule has 1 aromatic heterocycles. The summed E-state index contributed by atoms with van der Waals surface area (Å²) >= 11 is 0. The van der Waals surface area contributed by atoms with E-state index >= 15 is 0 Å². The highest BCUT2D eigenvalue weighted by Crippen LogP contribution is 2.34. The standard InChI is InChI=1S/C22H23N3O3S/c26-29(27,19-14-8-3-9-15-19)25-22-23-20(17-10-4-1-5-11-17)16-21(24-22)28-18-12-6-2-7-13-18/h2-3,6-9,12-17H,1,4-5,10-11H2,(H,23,24,25). The summed E-state index contributed by atoms with van der Waals surface area (Å²) in [5.74, 6) is 1.28. The van der Waals surface area contributed by atoms with E-state index in [1.54, 1.807) is 18.2 Å². The number of rotatable bonds is 6. The Bertz CT molecular complexity index is 1050. The van der Waals surface area contributed by atoms with Crippen molar-refractivity contribution in [2.24, 2.45) is 0 Å². The molecule has 1 heterocycles. The Labute approximate surface area is 171 Å². The first kappa shape index (κ1) is 19.4. The molecule has 4 rings (SSSR count). The van der Waals surface area contributed by atoms with E-state index in [1.807, 2.05) is 36.4 Å². The Morgan fingerprint density at radius 3 is 2.21 bits per heavy atom. The molecule has 0 spiro atoms. The summed E-state index contributed by atoms with van der Waals surface area (Å²) in [5, 5.41) is 0. The van der Waals surface area contributed by atoms with E-state index < -0.39 is 10.0 Å². The molecule has 6 nitrogen and oxygen atoms in total. The molecular weight excluding hydrogens is 386 g/mol. The number of nitrogens with one attached hydrogen (secondary N) is 1. The number of hydrogen-bond donors (Lipinski definition) is 1. The minimum atomic E-state index is -3.78. The van der Waals surface area contributed by atoms with Gasteiger partial charge in [0, 0.05) is 12.0 Å². The first-order valence-corrected chi connectivity index (χ1v) is 11.3. The fraction of sp³-hybridized carbons (Fsp3) is 0.273. The Hall–Kier alpha value is -2.93. The zero-order valence-electron chi connectivity index (χ0n) is 16.0. The van der Waals surface area contributed by atoms with Crippen molar-refractivity contribution in [1.82, 2.24) is 9.97 Å². The van der Waals surface area contributed by atoms with E-state index in [0.29, 0.717) is 11.6 Å². The second kappa shape index (κ2) is 8.61. The van der Waals surface area contributed by atoms with Crippen molar-refractivity contribution in [3.8, 4) is 11.6 Å². The molecule has 29 heavy (non-hydrogen) atoms. The number of aromatic nitrogens is 2. The summed E-state index contributed by atoms with van der Waals surface area (Å²) in [4.78, 5) is 9.00. The molecule has 0 amide bonds. The lowest BCUT2D eigenvalue weighted by atomic mass is 9.87. The number of para-hydroxylation sites is 1. The number of nitrogens with zero attached hydrogens (tertiary/aromatic N) is 2. The first-order chi connectivity index (χ1) is 14.1. The van der Waals surface area contributed by atoms with E-state index in [0.717, 1.165) is 31.4 Å². The maximum Gasteiger partial charge on any atom is 0.264 e. The highest BCUT2D eigenvalue weighted by Gasteiger charge is 2.21. The van der Waals surface area contributed by atoms with Crippen LogP contribution in [0.1, 0.15) is 43.7 Å². The van der Waals surface area contributed by atoms with Crippen molar-refractivity contribution in [3.05, 3.63) is 72.4 Å². The molecule has 0 bridgehead atoms. The van der Waals surface area contributed by atoms with Crippen molar-refractivity contribution in [1.29, 1.82) is 0 Å². The molecule has 150 valence electrons. The molecule has 0 radical (unpaired) electrons. The highest BCUT2D eigenvalue weighted by molar-refractivity contribution is 7.92. The number of benzene rings is 2. The zero-order chi connectivity index (χ0) is 20.1. The van der Waals surface area contributed by atoms with Crippen molar-refractivity contribution in [3.63, 3.8) is 0 Å². The lowest BCUT2D eigenvalue weighted by Gasteiger charge is -2.22. The van der Waals surface area contributed by atoms with Gasteiger partial charge in [-0.15, -0.1) is 0 Å². The summed E-state index contributed by atoms with van der Waals surface area (Å²) in [7, 11) is -3.78. The second-order valence-electron chi connectivity index (χ2n) is 7.12. The third kappa shape index (κ3) is 4.92. The van der Waals surface area contributed by atoms with Gasteiger partial charge in [0.2, 0.25) is 11.8 Å². The van der Waals surface area contributed by atoms with Crippen LogP contribution in [0.2, 0.25) is 0 Å². The van der Waals surface area contributed by atoms with Gasteiger partial charge in [-0.05, 0) is 37.1 Å². The maximum atomic E-state index is 12.7. The molecule has 3 aromatic rings. The van der Waals surface area contributed by atoms with Crippen LogP contribution in [-0.2, 0) is 10.0 Å². The lowest BCUT2D eigenvalue weighted by molar-refractivity contribution is 0.428. The SMILES string of the molecule is O=S(=O)(Nc1nc(Oc2ccccc2)cc(C2CCCCC2)n1)c1ccccc1. The molecule has 0 saturated heterocycles. The minimum absolute atomic E-state index is 0.0304. The molecule has 0 aliphatic heterocycles. The molecule has 1 saturated carbocycles. The van der Waals surface area contributed by atoms with Crippen LogP contribution in [0.5, 0.6) is 11.6 Å². The summed E-state index contributed by atoms with van der Waals surface area (Å²) < 4.78 is 33.8. The Morgan fingerprint density at radius 2 is 1.52 bits per heavy atom. The Kier molecular flexibility index (Phi) is 5.76. The monoisotopic (exact) mass is 409 g/mol. The third-order valence-electron chi connectivity index (χ3n) is 4.99. The third-order valence-corrected chi connectivity index (χ3v) is 6.33. The normalized spacial score (nSPS) is 15.0. The summed E-state index contributed by atoms with van der Waals surface area (Å²) in [5.41, 5.74) is 0.816. The van der Waals surface area contributed by atoms with Crippen LogP contribution in [0.3, 0.4) is 0 Å².